The van der Waals surface area contributed by atoms with Gasteiger partial charge in [0.25, 0.3) is 5.91 Å². The van der Waals surface area contributed by atoms with Crippen molar-refractivity contribution in [3.8, 4) is 0 Å². The molecule has 7 heteroatoms. The maximum Gasteiger partial charge on any atom is 0.276 e. The highest BCUT2D eigenvalue weighted by atomic mass is 127. The van der Waals surface area contributed by atoms with Gasteiger partial charge in [-0.05, 0) is 58.0 Å². The van der Waals surface area contributed by atoms with E-state index in [4.69, 9.17) is 5.21 Å². The lowest BCUT2D eigenvalue weighted by Crippen LogP contribution is -2.58. The summed E-state index contributed by atoms with van der Waals surface area (Å²) in [7, 11) is 4.27. The van der Waals surface area contributed by atoms with Crippen LogP contribution in [0.3, 0.4) is 0 Å². The molecule has 1 fully saturated rings. The number of hydrogen-bond acceptors (Lipinski definition) is 5. The van der Waals surface area contributed by atoms with Crippen molar-refractivity contribution in [3.63, 3.8) is 0 Å². The highest BCUT2D eigenvalue weighted by molar-refractivity contribution is 14.1. The predicted molar refractivity (Wildman–Crippen MR) is 101 cm³/mol. The molecule has 132 valence electrons. The minimum atomic E-state index is -0.498. The molecule has 0 spiro atoms. The number of amides is 1. The van der Waals surface area contributed by atoms with Gasteiger partial charge in [-0.1, -0.05) is 22.6 Å². The van der Waals surface area contributed by atoms with Crippen molar-refractivity contribution in [1.29, 1.82) is 0 Å². The Labute approximate surface area is 156 Å². The van der Waals surface area contributed by atoms with Crippen molar-refractivity contribution in [3.05, 3.63) is 29.1 Å². The van der Waals surface area contributed by atoms with E-state index in [2.05, 4.69) is 51.5 Å². The number of rotatable bonds is 5. The lowest BCUT2D eigenvalue weighted by atomic mass is 9.75. The van der Waals surface area contributed by atoms with Crippen LogP contribution in [0.15, 0.2) is 12.3 Å². The Kier molecular flexibility index (Phi) is 5.43. The molecule has 0 bridgehead atoms. The van der Waals surface area contributed by atoms with Gasteiger partial charge in [-0.25, -0.2) is 5.48 Å². The van der Waals surface area contributed by atoms with Gasteiger partial charge in [0, 0.05) is 28.7 Å². The van der Waals surface area contributed by atoms with Crippen LogP contribution < -0.4 is 5.48 Å². The van der Waals surface area contributed by atoms with Crippen molar-refractivity contribution in [2.24, 2.45) is 0 Å². The largest absolute Gasteiger partial charge is 0.309 e. The number of halogens is 1. The summed E-state index contributed by atoms with van der Waals surface area (Å²) in [6, 6.07) is 2.48. The molecule has 6 nitrogen and oxygen atoms in total. The number of pyridine rings is 1. The number of carbonyl (C=O) groups is 1. The lowest BCUT2D eigenvalue weighted by Gasteiger charge is -2.52. The summed E-state index contributed by atoms with van der Waals surface area (Å²) >= 11 is 2.67. The van der Waals surface area contributed by atoms with Gasteiger partial charge >= 0.3 is 0 Å². The summed E-state index contributed by atoms with van der Waals surface area (Å²) in [4.78, 5) is 20.8. The number of nitrogens with zero attached hydrogens (tertiary/aromatic N) is 3. The number of nitrogens with one attached hydrogen (secondary N) is 1. The molecule has 1 aromatic rings. The average Bonchev–Trinajstić information content (AvgIpc) is 2.57. The Morgan fingerprint density at radius 1 is 1.58 bits per heavy atom. The zero-order chi connectivity index (χ0) is 17.3. The molecule has 2 atom stereocenters. The number of fused-ring (bicyclic) bond motifs is 1. The van der Waals surface area contributed by atoms with E-state index in [1.54, 1.807) is 11.7 Å². The Morgan fingerprint density at radius 2 is 2.38 bits per heavy atom. The third-order valence-electron chi connectivity index (χ3n) is 5.29. The summed E-state index contributed by atoms with van der Waals surface area (Å²) in [6.07, 6.45) is 6.23. The fourth-order valence-corrected chi connectivity index (χ4v) is 4.94. The first-order chi connectivity index (χ1) is 11.4. The van der Waals surface area contributed by atoms with Crippen molar-refractivity contribution < 1.29 is 10.0 Å². The molecular formula is C17H25IN4O2. The second kappa shape index (κ2) is 7.23. The summed E-state index contributed by atoms with van der Waals surface area (Å²) in [5, 5.41) is 8.75. The van der Waals surface area contributed by atoms with Gasteiger partial charge in [-0.15, -0.1) is 0 Å². The lowest BCUT2D eigenvalue weighted by molar-refractivity contribution is 0.0697. The number of carbonyl (C=O) groups excluding carboxylic acids is 1. The Bertz CT molecular complexity index is 625. The van der Waals surface area contributed by atoms with Crippen LogP contribution in [-0.4, -0.2) is 62.5 Å². The van der Waals surface area contributed by atoms with Crippen LogP contribution >= 0.6 is 22.6 Å². The van der Waals surface area contributed by atoms with E-state index < -0.39 is 5.91 Å². The molecule has 1 aromatic heterocycles. The van der Waals surface area contributed by atoms with Crippen LogP contribution in [0.1, 0.15) is 40.9 Å². The number of hydrogen-bond donors (Lipinski definition) is 2. The fourth-order valence-electron chi connectivity index (χ4n) is 3.69. The van der Waals surface area contributed by atoms with Gasteiger partial charge in [0.05, 0.1) is 11.3 Å². The van der Waals surface area contributed by atoms with Crippen molar-refractivity contribution in [2.45, 2.75) is 41.7 Å². The van der Waals surface area contributed by atoms with Crippen LogP contribution in [0.25, 0.3) is 0 Å². The second-order valence-corrected chi connectivity index (χ2v) is 9.28. The maximum atomic E-state index is 11.5. The molecule has 1 amide bonds. The van der Waals surface area contributed by atoms with E-state index in [0.29, 0.717) is 15.0 Å². The first-order valence-corrected chi connectivity index (χ1v) is 9.51. The third-order valence-corrected chi connectivity index (χ3v) is 7.09. The zero-order valence-electron chi connectivity index (χ0n) is 14.3. The topological polar surface area (TPSA) is 68.7 Å². The van der Waals surface area contributed by atoms with Gasteiger partial charge in [0.2, 0.25) is 0 Å². The fraction of sp³-hybridized carbons (Fsp3) is 0.647. The molecule has 0 radical (unpaired) electrons. The molecule has 2 aliphatic rings. The van der Waals surface area contributed by atoms with E-state index in [1.165, 1.54) is 19.3 Å². The van der Waals surface area contributed by atoms with Gasteiger partial charge in [-0.3, -0.25) is 19.9 Å². The molecule has 0 aromatic carbocycles. The smallest absolute Gasteiger partial charge is 0.276 e. The summed E-state index contributed by atoms with van der Waals surface area (Å²) in [6.45, 7) is 2.99. The average molecular weight is 444 g/mol. The Hall–Kier alpha value is -0.770. The first-order valence-electron chi connectivity index (χ1n) is 8.43. The van der Waals surface area contributed by atoms with Crippen LogP contribution in [0.4, 0.5) is 0 Å². The van der Waals surface area contributed by atoms with Crippen molar-refractivity contribution in [1.82, 2.24) is 20.3 Å². The predicted octanol–water partition coefficient (Wildman–Crippen LogP) is 1.85. The minimum Gasteiger partial charge on any atom is -0.309 e. The molecular weight excluding hydrogens is 419 g/mol. The standard InChI is InChI=1S/C17H25IN4O2/c1-21(2)8-6-17(18)5-3-15(17)22-7-4-12-9-13(16(23)20-24)10-19-14(12)11-22/h9-10,15,24H,3-8,11H2,1-2H3,(H,20,23)/t15-,17-/m0/s1. The van der Waals surface area contributed by atoms with Gasteiger partial charge in [0.15, 0.2) is 0 Å². The quantitative estimate of drug-likeness (QED) is 0.314. The molecule has 1 saturated carbocycles. The molecule has 0 saturated heterocycles. The molecule has 1 aliphatic carbocycles. The van der Waals surface area contributed by atoms with E-state index in [0.717, 1.165) is 37.3 Å². The van der Waals surface area contributed by atoms with Crippen LogP contribution in [-0.2, 0) is 13.0 Å². The molecule has 1 aliphatic heterocycles. The van der Waals surface area contributed by atoms with Gasteiger partial charge in [-0.2, -0.15) is 0 Å². The SMILES string of the molecule is CN(C)CC[C@@]1(I)CC[C@@H]1N1CCc2cc(C(=O)NO)cnc2C1. The number of aromatic nitrogens is 1. The molecule has 0 unspecified atom stereocenters. The Balaban J connectivity index is 1.68. The maximum absolute atomic E-state index is 11.5. The third kappa shape index (κ3) is 3.58. The van der Waals surface area contributed by atoms with Gasteiger partial charge in [0.1, 0.15) is 0 Å². The molecule has 24 heavy (non-hydrogen) atoms. The molecule has 2 heterocycles. The first kappa shape index (κ1) is 18.0. The highest BCUT2D eigenvalue weighted by Crippen LogP contribution is 2.47. The van der Waals surface area contributed by atoms with Crippen molar-refractivity contribution in [2.75, 3.05) is 27.2 Å². The summed E-state index contributed by atoms with van der Waals surface area (Å²) in [5.74, 6) is -0.498. The van der Waals surface area contributed by atoms with E-state index in [-0.39, 0.29) is 0 Å². The second-order valence-electron chi connectivity index (χ2n) is 7.13. The van der Waals surface area contributed by atoms with Crippen LogP contribution in [0, 0.1) is 0 Å². The highest BCUT2D eigenvalue weighted by Gasteiger charge is 2.47. The summed E-state index contributed by atoms with van der Waals surface area (Å²) in [5.41, 5.74) is 4.28. The normalized spacial score (nSPS) is 26.8. The van der Waals surface area contributed by atoms with E-state index in [1.807, 2.05) is 6.07 Å². The number of hydroxylamine groups is 1. The zero-order valence-corrected chi connectivity index (χ0v) is 16.4. The summed E-state index contributed by atoms with van der Waals surface area (Å²) < 4.78 is 0.371. The monoisotopic (exact) mass is 444 g/mol. The minimum absolute atomic E-state index is 0.371. The molecule has 2 N–H and O–H groups in total. The van der Waals surface area contributed by atoms with Gasteiger partial charge < -0.3 is 4.90 Å². The number of alkyl halides is 1. The van der Waals surface area contributed by atoms with Crippen molar-refractivity contribution >= 4 is 28.5 Å². The van der Waals surface area contributed by atoms with Crippen LogP contribution in [0.2, 0.25) is 0 Å². The Morgan fingerprint density at radius 3 is 3.00 bits per heavy atom. The van der Waals surface area contributed by atoms with E-state index >= 15 is 0 Å². The van der Waals surface area contributed by atoms with E-state index in [9.17, 15) is 4.79 Å². The molecule has 3 rings (SSSR count). The van der Waals surface area contributed by atoms with Crippen LogP contribution in [0.5, 0.6) is 0 Å².